The minimum Gasteiger partial charge on any atom is -0.395 e. The largest absolute Gasteiger partial charge is 0.395 e. The SMILES string of the molecule is Cc1cn2nc(-c3cc(F)c4cc(C5CCCN(CCO)CC5)nnc4c3)cc(C)c2n1. The number of hydrogen-bond acceptors (Lipinski definition) is 6. The van der Waals surface area contributed by atoms with E-state index in [-0.39, 0.29) is 18.3 Å². The van der Waals surface area contributed by atoms with E-state index in [2.05, 4.69) is 25.2 Å². The van der Waals surface area contributed by atoms with Crippen LogP contribution >= 0.6 is 0 Å². The van der Waals surface area contributed by atoms with Crippen molar-refractivity contribution in [3.05, 3.63) is 53.2 Å². The number of β-amino-alcohol motifs (C(OH)–C–C–N with tert-alkyl or cyclic N) is 1. The molecular weight excluding hydrogens is 407 g/mol. The van der Waals surface area contributed by atoms with Gasteiger partial charge < -0.3 is 10.0 Å². The van der Waals surface area contributed by atoms with E-state index in [0.29, 0.717) is 28.7 Å². The van der Waals surface area contributed by atoms with Crippen LogP contribution in [0.15, 0.2) is 30.5 Å². The number of aliphatic hydroxyl groups is 1. The molecule has 0 radical (unpaired) electrons. The molecule has 0 spiro atoms. The first-order valence-corrected chi connectivity index (χ1v) is 11.2. The normalized spacial score (nSPS) is 17.8. The van der Waals surface area contributed by atoms with E-state index in [1.54, 1.807) is 4.52 Å². The van der Waals surface area contributed by atoms with Crippen molar-refractivity contribution < 1.29 is 9.50 Å². The molecule has 8 heteroatoms. The maximum Gasteiger partial charge on any atom is 0.156 e. The van der Waals surface area contributed by atoms with E-state index in [1.165, 1.54) is 6.07 Å². The number of aliphatic hydroxyl groups excluding tert-OH is 1. The zero-order chi connectivity index (χ0) is 22.2. The average Bonchev–Trinajstić information content (AvgIpc) is 3.00. The number of aryl methyl sites for hydroxylation is 2. The second-order valence-electron chi connectivity index (χ2n) is 8.72. The van der Waals surface area contributed by atoms with Crippen LogP contribution in [0.3, 0.4) is 0 Å². The smallest absolute Gasteiger partial charge is 0.156 e. The summed E-state index contributed by atoms with van der Waals surface area (Å²) < 4.78 is 16.9. The lowest BCUT2D eigenvalue weighted by Gasteiger charge is -2.18. The van der Waals surface area contributed by atoms with Crippen LogP contribution in [0.4, 0.5) is 4.39 Å². The Labute approximate surface area is 185 Å². The highest BCUT2D eigenvalue weighted by Gasteiger charge is 2.21. The molecule has 1 aliphatic heterocycles. The summed E-state index contributed by atoms with van der Waals surface area (Å²) in [6.45, 7) is 6.66. The summed E-state index contributed by atoms with van der Waals surface area (Å²) in [5.41, 5.74) is 5.39. The molecule has 0 bridgehead atoms. The first-order valence-electron chi connectivity index (χ1n) is 11.2. The third-order valence-corrected chi connectivity index (χ3v) is 6.35. The van der Waals surface area contributed by atoms with Crippen LogP contribution < -0.4 is 0 Å². The number of nitrogens with zero attached hydrogens (tertiary/aromatic N) is 6. The standard InChI is InChI=1S/C24H27FN6O/c1-15-10-22(29-31-14-16(2)26-24(15)31)18-11-20(25)19-13-21(27-28-23(19)12-18)17-4-3-6-30(7-5-17)8-9-32/h10-14,17,32H,3-9H2,1-2H3. The Morgan fingerprint density at radius 1 is 1.09 bits per heavy atom. The van der Waals surface area contributed by atoms with Gasteiger partial charge in [0.2, 0.25) is 0 Å². The Morgan fingerprint density at radius 2 is 1.97 bits per heavy atom. The summed E-state index contributed by atoms with van der Waals surface area (Å²) in [7, 11) is 0. The van der Waals surface area contributed by atoms with E-state index in [4.69, 9.17) is 0 Å². The molecule has 0 saturated carbocycles. The number of fused-ring (bicyclic) bond motifs is 2. The van der Waals surface area contributed by atoms with Gasteiger partial charge in [0.1, 0.15) is 5.82 Å². The van der Waals surface area contributed by atoms with Crippen molar-refractivity contribution in [3.8, 4) is 11.3 Å². The average molecular weight is 435 g/mol. The highest BCUT2D eigenvalue weighted by molar-refractivity contribution is 5.84. The van der Waals surface area contributed by atoms with E-state index in [1.807, 2.05) is 38.2 Å². The Balaban J connectivity index is 1.47. The van der Waals surface area contributed by atoms with Gasteiger partial charge in [0, 0.05) is 23.4 Å². The molecule has 1 fully saturated rings. The van der Waals surface area contributed by atoms with Crippen molar-refractivity contribution in [1.29, 1.82) is 0 Å². The van der Waals surface area contributed by atoms with E-state index in [0.717, 1.165) is 55.0 Å². The van der Waals surface area contributed by atoms with Crippen molar-refractivity contribution in [2.75, 3.05) is 26.2 Å². The minimum absolute atomic E-state index is 0.176. The van der Waals surface area contributed by atoms with Crippen LogP contribution in [0.5, 0.6) is 0 Å². The van der Waals surface area contributed by atoms with Gasteiger partial charge in [0.25, 0.3) is 0 Å². The van der Waals surface area contributed by atoms with Crippen LogP contribution in [0.2, 0.25) is 0 Å². The number of likely N-dealkylation sites (tertiary alicyclic amines) is 1. The minimum atomic E-state index is -0.314. The monoisotopic (exact) mass is 434 g/mol. The molecule has 0 aliphatic carbocycles. The van der Waals surface area contributed by atoms with E-state index in [9.17, 15) is 5.11 Å². The van der Waals surface area contributed by atoms with Gasteiger partial charge in [-0.05, 0) is 76.0 Å². The first kappa shape index (κ1) is 20.9. The molecule has 4 heterocycles. The molecule has 4 aromatic rings. The van der Waals surface area contributed by atoms with E-state index >= 15 is 4.39 Å². The second-order valence-corrected chi connectivity index (χ2v) is 8.72. The third-order valence-electron chi connectivity index (χ3n) is 6.35. The fourth-order valence-corrected chi connectivity index (χ4v) is 4.67. The lowest BCUT2D eigenvalue weighted by atomic mass is 9.95. The summed E-state index contributed by atoms with van der Waals surface area (Å²) in [6, 6.07) is 7.16. The predicted molar refractivity (Wildman–Crippen MR) is 121 cm³/mol. The van der Waals surface area contributed by atoms with Gasteiger partial charge in [-0.2, -0.15) is 15.3 Å². The Bertz CT molecular complexity index is 1290. The van der Waals surface area contributed by atoms with E-state index < -0.39 is 0 Å². The quantitative estimate of drug-likeness (QED) is 0.528. The van der Waals surface area contributed by atoms with Crippen molar-refractivity contribution >= 4 is 16.6 Å². The van der Waals surface area contributed by atoms with Gasteiger partial charge in [-0.3, -0.25) is 0 Å². The lowest BCUT2D eigenvalue weighted by Crippen LogP contribution is -2.27. The molecule has 1 saturated heterocycles. The molecule has 166 valence electrons. The van der Waals surface area contributed by atoms with Crippen LogP contribution in [0.1, 0.15) is 42.1 Å². The Morgan fingerprint density at radius 3 is 2.81 bits per heavy atom. The summed E-state index contributed by atoms with van der Waals surface area (Å²) >= 11 is 0. The Hall–Kier alpha value is -2.97. The molecule has 0 amide bonds. The summed E-state index contributed by atoms with van der Waals surface area (Å²) in [5, 5.41) is 23.2. The number of imidazole rings is 1. The molecule has 1 unspecified atom stereocenters. The highest BCUT2D eigenvalue weighted by Crippen LogP contribution is 2.31. The fourth-order valence-electron chi connectivity index (χ4n) is 4.67. The molecular formula is C24H27FN6O. The number of hydrogen-bond donors (Lipinski definition) is 1. The summed E-state index contributed by atoms with van der Waals surface area (Å²) in [6.07, 6.45) is 4.83. The zero-order valence-electron chi connectivity index (χ0n) is 18.4. The Kier molecular flexibility index (Phi) is 5.57. The van der Waals surface area contributed by atoms with Crippen molar-refractivity contribution in [1.82, 2.24) is 29.7 Å². The van der Waals surface area contributed by atoms with Gasteiger partial charge >= 0.3 is 0 Å². The van der Waals surface area contributed by atoms with Crippen molar-refractivity contribution in [3.63, 3.8) is 0 Å². The van der Waals surface area contributed by atoms with Gasteiger partial charge in [-0.15, -0.1) is 0 Å². The number of benzene rings is 1. The highest BCUT2D eigenvalue weighted by atomic mass is 19.1. The zero-order valence-corrected chi connectivity index (χ0v) is 18.4. The van der Waals surface area contributed by atoms with Gasteiger partial charge in [-0.1, -0.05) is 0 Å². The maximum absolute atomic E-state index is 15.2. The fraction of sp³-hybridized carbons (Fsp3) is 0.417. The molecule has 32 heavy (non-hydrogen) atoms. The van der Waals surface area contributed by atoms with Crippen LogP contribution in [0.25, 0.3) is 27.8 Å². The summed E-state index contributed by atoms with van der Waals surface area (Å²) in [5.74, 6) is -0.0589. The predicted octanol–water partition coefficient (Wildman–Crippen LogP) is 3.66. The van der Waals surface area contributed by atoms with Crippen LogP contribution in [0, 0.1) is 19.7 Å². The molecule has 3 aromatic heterocycles. The molecule has 7 nitrogen and oxygen atoms in total. The number of halogens is 1. The number of rotatable bonds is 4. The lowest BCUT2D eigenvalue weighted by molar-refractivity contribution is 0.200. The molecule has 1 aliphatic rings. The van der Waals surface area contributed by atoms with Gasteiger partial charge in [0.15, 0.2) is 5.65 Å². The second kappa shape index (κ2) is 8.52. The molecule has 5 rings (SSSR count). The third kappa shape index (κ3) is 3.96. The van der Waals surface area contributed by atoms with Gasteiger partial charge in [-0.25, -0.2) is 13.9 Å². The molecule has 1 atom stereocenters. The molecule has 1 N–H and O–H groups in total. The van der Waals surface area contributed by atoms with Crippen LogP contribution in [-0.2, 0) is 0 Å². The number of aromatic nitrogens is 5. The first-order chi connectivity index (χ1) is 15.5. The van der Waals surface area contributed by atoms with Crippen molar-refractivity contribution in [2.24, 2.45) is 0 Å². The molecule has 1 aromatic carbocycles. The maximum atomic E-state index is 15.2. The van der Waals surface area contributed by atoms with Crippen molar-refractivity contribution in [2.45, 2.75) is 39.0 Å². The van der Waals surface area contributed by atoms with Gasteiger partial charge in [0.05, 0.1) is 35.4 Å². The topological polar surface area (TPSA) is 79.4 Å². The van der Waals surface area contributed by atoms with Crippen LogP contribution in [-0.4, -0.2) is 61.0 Å². The summed E-state index contributed by atoms with van der Waals surface area (Å²) in [4.78, 5) is 6.75.